The van der Waals surface area contributed by atoms with Crippen LogP contribution in [0.1, 0.15) is 56.5 Å². The van der Waals surface area contributed by atoms with Crippen LogP contribution >= 0.6 is 0 Å². The monoisotopic (exact) mass is 379 g/mol. The van der Waals surface area contributed by atoms with E-state index in [0.717, 1.165) is 29.1 Å². The Morgan fingerprint density at radius 3 is 2.46 bits per heavy atom. The quantitative estimate of drug-likeness (QED) is 0.544. The first kappa shape index (κ1) is 18.3. The zero-order valence-corrected chi connectivity index (χ0v) is 17.2. The van der Waals surface area contributed by atoms with Crippen LogP contribution in [0.15, 0.2) is 17.3 Å². The molecule has 0 aliphatic carbocycles. The van der Waals surface area contributed by atoms with E-state index in [2.05, 4.69) is 30.7 Å². The van der Waals surface area contributed by atoms with Gasteiger partial charge in [0.2, 0.25) is 5.95 Å². The zero-order valence-electron chi connectivity index (χ0n) is 17.2. The van der Waals surface area contributed by atoms with Gasteiger partial charge in [-0.1, -0.05) is 20.8 Å². The third kappa shape index (κ3) is 2.55. The maximum absolute atomic E-state index is 13.1. The topological polar surface area (TPSA) is 82.9 Å². The summed E-state index contributed by atoms with van der Waals surface area (Å²) in [5.74, 6) is 1.61. The Balaban J connectivity index is 2.21. The van der Waals surface area contributed by atoms with Crippen LogP contribution in [0.5, 0.6) is 0 Å². The zero-order chi connectivity index (χ0) is 20.2. The van der Waals surface area contributed by atoms with Crippen molar-refractivity contribution in [1.82, 2.24) is 33.5 Å². The molecule has 0 unspecified atom stereocenters. The molecule has 0 saturated heterocycles. The van der Waals surface area contributed by atoms with Gasteiger partial charge in [0, 0.05) is 19.2 Å². The van der Waals surface area contributed by atoms with Gasteiger partial charge in [0.15, 0.2) is 5.65 Å². The van der Waals surface area contributed by atoms with Gasteiger partial charge in [-0.05, 0) is 26.7 Å². The minimum Gasteiger partial charge on any atom is -0.302 e. The SMILES string of the molecule is CCc1nc(C)cn1-c1nc(C(C)C)c2c(n1)n1cnc(C)c1c(=O)n2CC. The van der Waals surface area contributed by atoms with E-state index >= 15 is 0 Å². The molecule has 0 bridgehead atoms. The van der Waals surface area contributed by atoms with Gasteiger partial charge in [-0.3, -0.25) is 13.8 Å². The highest BCUT2D eigenvalue weighted by atomic mass is 16.1. The predicted octanol–water partition coefficient (Wildman–Crippen LogP) is 2.95. The smallest absolute Gasteiger partial charge is 0.277 e. The first-order valence-corrected chi connectivity index (χ1v) is 9.70. The number of aryl methyl sites for hydroxylation is 4. The Morgan fingerprint density at radius 2 is 1.82 bits per heavy atom. The minimum absolute atomic E-state index is 0.0593. The Kier molecular flexibility index (Phi) is 4.28. The van der Waals surface area contributed by atoms with Crippen molar-refractivity contribution in [3.05, 3.63) is 45.8 Å². The number of fused-ring (bicyclic) bond motifs is 3. The fourth-order valence-electron chi connectivity index (χ4n) is 3.74. The summed E-state index contributed by atoms with van der Waals surface area (Å²) >= 11 is 0. The van der Waals surface area contributed by atoms with Crippen LogP contribution in [0.2, 0.25) is 0 Å². The maximum atomic E-state index is 13.1. The third-order valence-electron chi connectivity index (χ3n) is 5.07. The molecule has 8 nitrogen and oxygen atoms in total. The van der Waals surface area contributed by atoms with Crippen molar-refractivity contribution >= 4 is 16.7 Å². The van der Waals surface area contributed by atoms with Gasteiger partial charge < -0.3 is 4.57 Å². The average Bonchev–Trinajstić information content (AvgIpc) is 3.24. The van der Waals surface area contributed by atoms with Gasteiger partial charge >= 0.3 is 0 Å². The van der Waals surface area contributed by atoms with Gasteiger partial charge in [0.25, 0.3) is 5.56 Å². The number of imidazole rings is 2. The number of hydrogen-bond donors (Lipinski definition) is 0. The van der Waals surface area contributed by atoms with Crippen LogP contribution in [-0.2, 0) is 13.0 Å². The second kappa shape index (κ2) is 6.54. The number of aromatic nitrogens is 7. The largest absolute Gasteiger partial charge is 0.302 e. The summed E-state index contributed by atoms with van der Waals surface area (Å²) in [5, 5.41) is 0. The molecule has 0 aromatic carbocycles. The van der Waals surface area contributed by atoms with E-state index < -0.39 is 0 Å². The Bertz CT molecular complexity index is 1260. The van der Waals surface area contributed by atoms with E-state index in [4.69, 9.17) is 9.97 Å². The van der Waals surface area contributed by atoms with Crippen molar-refractivity contribution in [3.8, 4) is 5.95 Å². The van der Waals surface area contributed by atoms with Crippen molar-refractivity contribution in [1.29, 1.82) is 0 Å². The van der Waals surface area contributed by atoms with E-state index in [-0.39, 0.29) is 11.5 Å². The number of hydrogen-bond acceptors (Lipinski definition) is 5. The molecule has 28 heavy (non-hydrogen) atoms. The molecule has 0 aliphatic rings. The molecule has 8 heteroatoms. The Labute approximate surface area is 162 Å². The summed E-state index contributed by atoms with van der Waals surface area (Å²) in [6, 6.07) is 0. The standard InChI is InChI=1S/C20H25N7O/c1-7-14-22-12(5)9-26(14)20-23-15(11(3)4)17-18(24-20)27-10-21-13(6)16(27)19(28)25(17)8-2/h9-11H,7-8H2,1-6H3. The van der Waals surface area contributed by atoms with Gasteiger partial charge in [0.05, 0.1) is 17.1 Å². The average molecular weight is 379 g/mol. The van der Waals surface area contributed by atoms with E-state index in [0.29, 0.717) is 29.4 Å². The molecule has 0 spiro atoms. The van der Waals surface area contributed by atoms with Gasteiger partial charge in [-0.15, -0.1) is 0 Å². The molecular formula is C20H25N7O. The summed E-state index contributed by atoms with van der Waals surface area (Å²) in [4.78, 5) is 31.8. The summed E-state index contributed by atoms with van der Waals surface area (Å²) in [7, 11) is 0. The second-order valence-corrected chi connectivity index (χ2v) is 7.36. The van der Waals surface area contributed by atoms with E-state index in [1.165, 1.54) is 0 Å². The van der Waals surface area contributed by atoms with Crippen LogP contribution in [0.4, 0.5) is 0 Å². The molecule has 4 aromatic heterocycles. The molecule has 146 valence electrons. The fraction of sp³-hybridized carbons (Fsp3) is 0.450. The highest BCUT2D eigenvalue weighted by Gasteiger charge is 2.21. The van der Waals surface area contributed by atoms with Crippen LogP contribution in [0.25, 0.3) is 22.6 Å². The lowest BCUT2D eigenvalue weighted by Gasteiger charge is -2.17. The fourth-order valence-corrected chi connectivity index (χ4v) is 3.74. The molecule has 0 saturated carbocycles. The van der Waals surface area contributed by atoms with Crippen molar-refractivity contribution in [2.75, 3.05) is 0 Å². The van der Waals surface area contributed by atoms with Crippen molar-refractivity contribution in [3.63, 3.8) is 0 Å². The van der Waals surface area contributed by atoms with E-state index in [1.54, 1.807) is 15.3 Å². The van der Waals surface area contributed by atoms with Crippen LogP contribution in [0.3, 0.4) is 0 Å². The molecular weight excluding hydrogens is 354 g/mol. The highest BCUT2D eigenvalue weighted by molar-refractivity contribution is 5.79. The highest BCUT2D eigenvalue weighted by Crippen LogP contribution is 2.25. The molecule has 0 amide bonds. The Morgan fingerprint density at radius 1 is 1.07 bits per heavy atom. The normalized spacial score (nSPS) is 12.0. The molecule has 0 radical (unpaired) electrons. The van der Waals surface area contributed by atoms with Crippen LogP contribution in [-0.4, -0.2) is 33.5 Å². The summed E-state index contributed by atoms with van der Waals surface area (Å²) in [6.45, 7) is 12.6. The summed E-state index contributed by atoms with van der Waals surface area (Å²) in [5.41, 5.74) is 4.44. The van der Waals surface area contributed by atoms with Crippen LogP contribution < -0.4 is 5.56 Å². The van der Waals surface area contributed by atoms with E-state index in [9.17, 15) is 4.79 Å². The molecule has 0 N–H and O–H groups in total. The van der Waals surface area contributed by atoms with E-state index in [1.807, 2.05) is 31.5 Å². The lowest BCUT2D eigenvalue weighted by Crippen LogP contribution is -2.25. The molecule has 4 heterocycles. The molecule has 4 rings (SSSR count). The first-order valence-electron chi connectivity index (χ1n) is 9.70. The van der Waals surface area contributed by atoms with Gasteiger partial charge in [-0.25, -0.2) is 15.0 Å². The van der Waals surface area contributed by atoms with Crippen molar-refractivity contribution in [2.24, 2.45) is 0 Å². The second-order valence-electron chi connectivity index (χ2n) is 7.36. The van der Waals surface area contributed by atoms with Crippen molar-refractivity contribution < 1.29 is 0 Å². The summed E-state index contributed by atoms with van der Waals surface area (Å²) < 4.78 is 5.50. The number of nitrogens with zero attached hydrogens (tertiary/aromatic N) is 7. The first-order chi connectivity index (χ1) is 13.4. The lowest BCUT2D eigenvalue weighted by atomic mass is 10.1. The maximum Gasteiger partial charge on any atom is 0.277 e. The predicted molar refractivity (Wildman–Crippen MR) is 108 cm³/mol. The Hall–Kier alpha value is -3.03. The molecule has 0 atom stereocenters. The molecule has 0 fully saturated rings. The van der Waals surface area contributed by atoms with Gasteiger partial charge in [-0.2, -0.15) is 4.98 Å². The minimum atomic E-state index is -0.0593. The van der Waals surface area contributed by atoms with Gasteiger partial charge in [0.1, 0.15) is 23.2 Å². The molecule has 4 aromatic rings. The van der Waals surface area contributed by atoms with Crippen LogP contribution in [0, 0.1) is 13.8 Å². The number of rotatable bonds is 4. The third-order valence-corrected chi connectivity index (χ3v) is 5.07. The van der Waals surface area contributed by atoms with Crippen molar-refractivity contribution in [2.45, 2.75) is 60.4 Å². The molecule has 0 aliphatic heterocycles. The lowest BCUT2D eigenvalue weighted by molar-refractivity contribution is 0.722. The summed E-state index contributed by atoms with van der Waals surface area (Å²) in [6.07, 6.45) is 4.41.